The molecular formula is C11H9F3O4. The first-order chi connectivity index (χ1) is 8.10. The molecular weight excluding hydrogens is 253 g/mol. The van der Waals surface area contributed by atoms with Crippen LogP contribution in [0.5, 0.6) is 0 Å². The van der Waals surface area contributed by atoms with Gasteiger partial charge in [0.05, 0.1) is 5.56 Å². The molecule has 0 aliphatic rings. The number of benzene rings is 1. The van der Waals surface area contributed by atoms with Crippen LogP contribution < -0.4 is 0 Å². The summed E-state index contributed by atoms with van der Waals surface area (Å²) >= 11 is 0. The third-order valence-corrected chi connectivity index (χ3v) is 2.65. The quantitative estimate of drug-likeness (QED) is 0.818. The fraction of sp³-hybridized carbons (Fsp3) is 0.273. The normalized spacial score (nSPS) is 12.2. The van der Waals surface area contributed by atoms with Crippen LogP contribution in [0.2, 0.25) is 0 Å². The fourth-order valence-corrected chi connectivity index (χ4v) is 1.33. The number of alkyl halides is 3. The minimum atomic E-state index is -4.55. The molecule has 0 aliphatic heterocycles. The molecule has 0 bridgehead atoms. The number of halogens is 3. The van der Waals surface area contributed by atoms with Crippen molar-refractivity contribution in [2.24, 2.45) is 0 Å². The van der Waals surface area contributed by atoms with Gasteiger partial charge < -0.3 is 10.2 Å². The smallest absolute Gasteiger partial charge is 0.416 e. The third kappa shape index (κ3) is 2.29. The number of carbonyl (C=O) groups is 2. The second kappa shape index (κ2) is 4.32. The summed E-state index contributed by atoms with van der Waals surface area (Å²) in [6, 6.07) is 3.01. The van der Waals surface area contributed by atoms with Crippen molar-refractivity contribution in [2.75, 3.05) is 0 Å². The Bertz CT molecular complexity index is 462. The van der Waals surface area contributed by atoms with Crippen molar-refractivity contribution in [3.05, 3.63) is 35.4 Å². The van der Waals surface area contributed by atoms with Crippen LogP contribution in [0.25, 0.3) is 0 Å². The molecule has 1 aromatic rings. The number of rotatable bonds is 3. The summed E-state index contributed by atoms with van der Waals surface area (Å²) in [6.45, 7) is 0.917. The maximum absolute atomic E-state index is 12.3. The monoisotopic (exact) mass is 262 g/mol. The van der Waals surface area contributed by atoms with Crippen LogP contribution in [0.4, 0.5) is 13.2 Å². The first-order valence-corrected chi connectivity index (χ1v) is 4.74. The molecule has 0 atom stereocenters. The lowest BCUT2D eigenvalue weighted by atomic mass is 9.82. The first-order valence-electron chi connectivity index (χ1n) is 4.74. The molecule has 1 rings (SSSR count). The van der Waals surface area contributed by atoms with Crippen molar-refractivity contribution < 1.29 is 33.0 Å². The molecule has 0 aromatic heterocycles. The van der Waals surface area contributed by atoms with Gasteiger partial charge in [0.2, 0.25) is 0 Å². The molecule has 0 unspecified atom stereocenters. The van der Waals surface area contributed by atoms with Gasteiger partial charge in [0.15, 0.2) is 5.41 Å². The number of hydrogen-bond acceptors (Lipinski definition) is 2. The summed E-state index contributed by atoms with van der Waals surface area (Å²) in [5.74, 6) is -3.29. The summed E-state index contributed by atoms with van der Waals surface area (Å²) in [6.07, 6.45) is -4.55. The van der Waals surface area contributed by atoms with Gasteiger partial charge >= 0.3 is 18.1 Å². The van der Waals surface area contributed by atoms with Crippen LogP contribution in [0.15, 0.2) is 24.3 Å². The molecule has 7 heteroatoms. The molecule has 0 heterocycles. The Morgan fingerprint density at radius 2 is 1.28 bits per heavy atom. The summed E-state index contributed by atoms with van der Waals surface area (Å²) in [5, 5.41) is 17.8. The molecule has 0 radical (unpaired) electrons. The molecule has 98 valence electrons. The van der Waals surface area contributed by atoms with Crippen molar-refractivity contribution in [1.82, 2.24) is 0 Å². The van der Waals surface area contributed by atoms with Crippen LogP contribution in [0, 0.1) is 0 Å². The van der Waals surface area contributed by atoms with Crippen LogP contribution in [0.3, 0.4) is 0 Å². The average Bonchev–Trinajstić information content (AvgIpc) is 2.26. The maximum Gasteiger partial charge on any atom is 0.416 e. The van der Waals surface area contributed by atoms with Gasteiger partial charge in [0, 0.05) is 0 Å². The molecule has 0 amide bonds. The number of carboxylic acid groups (broad SMARTS) is 2. The lowest BCUT2D eigenvalue weighted by Gasteiger charge is -2.20. The second-order valence-electron chi connectivity index (χ2n) is 3.81. The lowest BCUT2D eigenvalue weighted by molar-refractivity contribution is -0.156. The number of aliphatic carboxylic acids is 2. The van der Waals surface area contributed by atoms with E-state index in [0.717, 1.165) is 19.1 Å². The topological polar surface area (TPSA) is 74.6 Å². The van der Waals surface area contributed by atoms with E-state index in [4.69, 9.17) is 10.2 Å². The molecule has 4 nitrogen and oxygen atoms in total. The van der Waals surface area contributed by atoms with Gasteiger partial charge in [-0.15, -0.1) is 0 Å². The molecule has 1 aromatic carbocycles. The molecule has 18 heavy (non-hydrogen) atoms. The summed E-state index contributed by atoms with van der Waals surface area (Å²) in [4.78, 5) is 21.9. The van der Waals surface area contributed by atoms with E-state index in [1.165, 1.54) is 0 Å². The van der Waals surface area contributed by atoms with Crippen LogP contribution in [0.1, 0.15) is 18.1 Å². The predicted molar refractivity (Wildman–Crippen MR) is 54.1 cm³/mol. The molecule has 0 fully saturated rings. The van der Waals surface area contributed by atoms with Gasteiger partial charge in [-0.3, -0.25) is 9.59 Å². The summed E-state index contributed by atoms with van der Waals surface area (Å²) < 4.78 is 36.9. The highest BCUT2D eigenvalue weighted by atomic mass is 19.4. The lowest BCUT2D eigenvalue weighted by Crippen LogP contribution is -2.40. The summed E-state index contributed by atoms with van der Waals surface area (Å²) in [5.41, 5.74) is -3.47. The fourth-order valence-electron chi connectivity index (χ4n) is 1.33. The highest BCUT2D eigenvalue weighted by Gasteiger charge is 2.43. The largest absolute Gasteiger partial charge is 0.480 e. The Morgan fingerprint density at radius 3 is 1.56 bits per heavy atom. The van der Waals surface area contributed by atoms with Crippen molar-refractivity contribution in [2.45, 2.75) is 18.5 Å². The molecule has 0 saturated heterocycles. The maximum atomic E-state index is 12.3. The zero-order chi connectivity index (χ0) is 14.1. The van der Waals surface area contributed by atoms with Crippen molar-refractivity contribution in [1.29, 1.82) is 0 Å². The summed E-state index contributed by atoms with van der Waals surface area (Å²) in [7, 11) is 0. The Morgan fingerprint density at radius 1 is 0.944 bits per heavy atom. The third-order valence-electron chi connectivity index (χ3n) is 2.65. The van der Waals surface area contributed by atoms with Gasteiger partial charge in [0.1, 0.15) is 0 Å². The van der Waals surface area contributed by atoms with Crippen molar-refractivity contribution >= 4 is 11.9 Å². The minimum absolute atomic E-state index is 0.226. The predicted octanol–water partition coefficient (Wildman–Crippen LogP) is 2.13. The Kier molecular flexibility index (Phi) is 3.36. The molecule has 2 N–H and O–H groups in total. The van der Waals surface area contributed by atoms with E-state index in [9.17, 15) is 22.8 Å². The van der Waals surface area contributed by atoms with E-state index in [2.05, 4.69) is 0 Å². The van der Waals surface area contributed by atoms with Crippen molar-refractivity contribution in [3.8, 4) is 0 Å². The van der Waals surface area contributed by atoms with Gasteiger partial charge in [-0.05, 0) is 24.6 Å². The average molecular weight is 262 g/mol. The van der Waals surface area contributed by atoms with E-state index >= 15 is 0 Å². The molecule has 0 aliphatic carbocycles. The van der Waals surface area contributed by atoms with E-state index < -0.39 is 29.1 Å². The number of hydrogen-bond donors (Lipinski definition) is 2. The van der Waals surface area contributed by atoms with Crippen molar-refractivity contribution in [3.63, 3.8) is 0 Å². The van der Waals surface area contributed by atoms with Gasteiger partial charge in [-0.1, -0.05) is 12.1 Å². The Hall–Kier alpha value is -2.05. The van der Waals surface area contributed by atoms with Gasteiger partial charge in [-0.2, -0.15) is 13.2 Å². The van der Waals surface area contributed by atoms with E-state index in [-0.39, 0.29) is 5.56 Å². The van der Waals surface area contributed by atoms with Gasteiger partial charge in [0.25, 0.3) is 0 Å². The highest BCUT2D eigenvalue weighted by molar-refractivity contribution is 6.04. The highest BCUT2D eigenvalue weighted by Crippen LogP contribution is 2.31. The standard InChI is InChI=1S/C11H9F3O4/c1-10(8(15)16,9(17)18)6-2-4-7(5-3-6)11(12,13)14/h2-5H,1H3,(H,15,16)(H,17,18). The Labute approximate surface area is 99.7 Å². The minimum Gasteiger partial charge on any atom is -0.480 e. The zero-order valence-corrected chi connectivity index (χ0v) is 9.15. The SMILES string of the molecule is CC(C(=O)O)(C(=O)O)c1ccc(C(F)(F)F)cc1. The number of carboxylic acids is 2. The van der Waals surface area contributed by atoms with Gasteiger partial charge in [-0.25, -0.2) is 0 Å². The van der Waals surface area contributed by atoms with Crippen LogP contribution >= 0.6 is 0 Å². The van der Waals surface area contributed by atoms with Crippen LogP contribution in [-0.4, -0.2) is 22.2 Å². The molecule has 0 saturated carbocycles. The van der Waals surface area contributed by atoms with E-state index in [1.54, 1.807) is 0 Å². The molecule has 0 spiro atoms. The Balaban J connectivity index is 3.26. The van der Waals surface area contributed by atoms with Crippen LogP contribution in [-0.2, 0) is 21.2 Å². The van der Waals surface area contributed by atoms with E-state index in [1.807, 2.05) is 0 Å². The first kappa shape index (κ1) is 14.0. The second-order valence-corrected chi connectivity index (χ2v) is 3.81. The zero-order valence-electron chi connectivity index (χ0n) is 9.15. The van der Waals surface area contributed by atoms with E-state index in [0.29, 0.717) is 12.1 Å².